The number of hydrogen-bond acceptors (Lipinski definition) is 3. The first-order valence-electron chi connectivity index (χ1n) is 6.98. The van der Waals surface area contributed by atoms with Gasteiger partial charge in [-0.15, -0.1) is 0 Å². The highest BCUT2D eigenvalue weighted by atomic mass is 16.5. The molecular weight excluding hydrogens is 238 g/mol. The molecule has 0 bridgehead atoms. The van der Waals surface area contributed by atoms with Crippen LogP contribution in [0.3, 0.4) is 0 Å². The van der Waals surface area contributed by atoms with Crippen LogP contribution in [0, 0.1) is 17.2 Å². The summed E-state index contributed by atoms with van der Waals surface area (Å²) in [6.45, 7) is 1.45. The zero-order valence-corrected chi connectivity index (χ0v) is 11.5. The highest BCUT2D eigenvalue weighted by Gasteiger charge is 2.13. The molecule has 0 aliphatic heterocycles. The molecule has 2 rings (SSSR count). The molecule has 1 saturated carbocycles. The highest BCUT2D eigenvalue weighted by molar-refractivity contribution is 5.45. The molecule has 0 aromatic heterocycles. The predicted octanol–water partition coefficient (Wildman–Crippen LogP) is 3.66. The summed E-state index contributed by atoms with van der Waals surface area (Å²) in [5.41, 5.74) is 1.63. The van der Waals surface area contributed by atoms with Crippen LogP contribution in [0.15, 0.2) is 18.2 Å². The van der Waals surface area contributed by atoms with Gasteiger partial charge in [0.15, 0.2) is 0 Å². The van der Waals surface area contributed by atoms with E-state index in [1.165, 1.54) is 32.1 Å². The van der Waals surface area contributed by atoms with Crippen molar-refractivity contribution < 1.29 is 9.47 Å². The van der Waals surface area contributed by atoms with Gasteiger partial charge in [0.2, 0.25) is 0 Å². The van der Waals surface area contributed by atoms with Crippen molar-refractivity contribution in [1.82, 2.24) is 0 Å². The van der Waals surface area contributed by atoms with Crippen molar-refractivity contribution in [2.24, 2.45) is 5.92 Å². The lowest BCUT2D eigenvalue weighted by atomic mass is 9.90. The lowest BCUT2D eigenvalue weighted by Crippen LogP contribution is -2.13. The van der Waals surface area contributed by atoms with Gasteiger partial charge >= 0.3 is 0 Å². The molecule has 0 amide bonds. The first-order chi connectivity index (χ1) is 9.33. The molecule has 0 N–H and O–H groups in total. The summed E-state index contributed by atoms with van der Waals surface area (Å²) in [6.07, 6.45) is 6.67. The van der Waals surface area contributed by atoms with E-state index in [9.17, 15) is 0 Å². The van der Waals surface area contributed by atoms with Crippen LogP contribution in [-0.4, -0.2) is 13.7 Å². The Hall–Kier alpha value is -1.53. The lowest BCUT2D eigenvalue weighted by molar-refractivity contribution is 0.0738. The minimum atomic E-state index is 0.568. The smallest absolute Gasteiger partial charge is 0.136 e. The van der Waals surface area contributed by atoms with Gasteiger partial charge in [-0.2, -0.15) is 5.26 Å². The van der Waals surface area contributed by atoms with E-state index < -0.39 is 0 Å². The van der Waals surface area contributed by atoms with Gasteiger partial charge in [0.25, 0.3) is 0 Å². The van der Waals surface area contributed by atoms with Crippen LogP contribution in [0.5, 0.6) is 5.75 Å². The molecule has 3 nitrogen and oxygen atoms in total. The summed E-state index contributed by atoms with van der Waals surface area (Å²) in [7, 11) is 1.59. The van der Waals surface area contributed by atoms with E-state index in [1.54, 1.807) is 13.2 Å². The van der Waals surface area contributed by atoms with Gasteiger partial charge in [-0.1, -0.05) is 25.3 Å². The zero-order chi connectivity index (χ0) is 13.5. The van der Waals surface area contributed by atoms with Crippen molar-refractivity contribution in [3.8, 4) is 11.8 Å². The molecule has 0 spiro atoms. The fraction of sp³-hybridized carbons (Fsp3) is 0.562. The van der Waals surface area contributed by atoms with Crippen LogP contribution in [-0.2, 0) is 11.3 Å². The van der Waals surface area contributed by atoms with Crippen LogP contribution < -0.4 is 4.74 Å². The van der Waals surface area contributed by atoms with Gasteiger partial charge in [-0.25, -0.2) is 0 Å². The average Bonchev–Trinajstić information content (AvgIpc) is 2.48. The summed E-state index contributed by atoms with van der Waals surface area (Å²) in [6, 6.07) is 7.73. The van der Waals surface area contributed by atoms with Crippen LogP contribution in [0.4, 0.5) is 0 Å². The van der Waals surface area contributed by atoms with Crippen LogP contribution in [0.1, 0.15) is 43.2 Å². The molecule has 1 aromatic rings. The molecular formula is C16H21NO2. The SMILES string of the molecule is COc1cc(COCC2CCCCC2)ccc1C#N. The molecule has 102 valence electrons. The Kier molecular flexibility index (Phi) is 5.23. The van der Waals surface area contributed by atoms with Crippen LogP contribution in [0.25, 0.3) is 0 Å². The third-order valence-corrected chi connectivity index (χ3v) is 3.73. The van der Waals surface area contributed by atoms with Gasteiger partial charge < -0.3 is 9.47 Å². The van der Waals surface area contributed by atoms with Crippen molar-refractivity contribution >= 4 is 0 Å². The van der Waals surface area contributed by atoms with Crippen molar-refractivity contribution in [2.45, 2.75) is 38.7 Å². The maximum absolute atomic E-state index is 8.93. The first kappa shape index (κ1) is 13.9. The molecule has 19 heavy (non-hydrogen) atoms. The molecule has 3 heteroatoms. The quantitative estimate of drug-likeness (QED) is 0.810. The fourth-order valence-corrected chi connectivity index (χ4v) is 2.62. The van der Waals surface area contributed by atoms with Gasteiger partial charge in [0.1, 0.15) is 11.8 Å². The van der Waals surface area contributed by atoms with E-state index in [-0.39, 0.29) is 0 Å². The second-order valence-corrected chi connectivity index (χ2v) is 5.17. The van der Waals surface area contributed by atoms with E-state index in [4.69, 9.17) is 14.7 Å². The Morgan fingerprint density at radius 2 is 2.05 bits per heavy atom. The van der Waals surface area contributed by atoms with Crippen LogP contribution >= 0.6 is 0 Å². The summed E-state index contributed by atoms with van der Waals surface area (Å²) in [5, 5.41) is 8.93. The molecule has 1 aliphatic rings. The van der Waals surface area contributed by atoms with Gasteiger partial charge in [0, 0.05) is 6.61 Å². The summed E-state index contributed by atoms with van der Waals surface area (Å²) >= 11 is 0. The lowest BCUT2D eigenvalue weighted by Gasteiger charge is -2.21. The molecule has 1 aromatic carbocycles. The number of methoxy groups -OCH3 is 1. The normalized spacial score (nSPS) is 16.0. The third kappa shape index (κ3) is 3.97. The maximum atomic E-state index is 8.93. The standard InChI is InChI=1S/C16H21NO2/c1-18-16-9-14(7-8-15(16)10-17)12-19-11-13-5-3-2-4-6-13/h7-9,13H,2-6,11-12H2,1H3. The number of nitrogens with zero attached hydrogens (tertiary/aromatic N) is 1. The summed E-state index contributed by atoms with van der Waals surface area (Å²) in [4.78, 5) is 0. The highest BCUT2D eigenvalue weighted by Crippen LogP contribution is 2.24. The van der Waals surface area contributed by atoms with E-state index in [2.05, 4.69) is 6.07 Å². The second-order valence-electron chi connectivity index (χ2n) is 5.17. The Bertz CT molecular complexity index is 445. The van der Waals surface area contributed by atoms with Gasteiger partial charge in [0.05, 0.1) is 19.3 Å². The topological polar surface area (TPSA) is 42.2 Å². The van der Waals surface area contributed by atoms with E-state index >= 15 is 0 Å². The van der Waals surface area contributed by atoms with E-state index in [0.29, 0.717) is 17.9 Å². The minimum Gasteiger partial charge on any atom is -0.495 e. The predicted molar refractivity (Wildman–Crippen MR) is 73.9 cm³/mol. The molecule has 1 fully saturated rings. The largest absolute Gasteiger partial charge is 0.495 e. The molecule has 1 aliphatic carbocycles. The molecule has 0 saturated heterocycles. The first-order valence-corrected chi connectivity index (χ1v) is 6.98. The Morgan fingerprint density at radius 1 is 1.26 bits per heavy atom. The monoisotopic (exact) mass is 259 g/mol. The Balaban J connectivity index is 1.84. The van der Waals surface area contributed by atoms with Crippen molar-refractivity contribution in [3.63, 3.8) is 0 Å². The molecule has 0 radical (unpaired) electrons. The third-order valence-electron chi connectivity index (χ3n) is 3.73. The molecule has 0 atom stereocenters. The second kappa shape index (κ2) is 7.16. The summed E-state index contributed by atoms with van der Waals surface area (Å²) in [5.74, 6) is 1.36. The number of nitriles is 1. The zero-order valence-electron chi connectivity index (χ0n) is 11.5. The summed E-state index contributed by atoms with van der Waals surface area (Å²) < 4.78 is 11.0. The number of hydrogen-bond donors (Lipinski definition) is 0. The van der Waals surface area contributed by atoms with E-state index in [1.807, 2.05) is 12.1 Å². The molecule has 0 heterocycles. The van der Waals surface area contributed by atoms with Crippen molar-refractivity contribution in [2.75, 3.05) is 13.7 Å². The van der Waals surface area contributed by atoms with Crippen molar-refractivity contribution in [1.29, 1.82) is 5.26 Å². The van der Waals surface area contributed by atoms with Gasteiger partial charge in [-0.3, -0.25) is 0 Å². The van der Waals surface area contributed by atoms with Crippen molar-refractivity contribution in [3.05, 3.63) is 29.3 Å². The fourth-order valence-electron chi connectivity index (χ4n) is 2.62. The molecule has 0 unspecified atom stereocenters. The van der Waals surface area contributed by atoms with Crippen LogP contribution in [0.2, 0.25) is 0 Å². The Labute approximate surface area is 115 Å². The van der Waals surface area contributed by atoms with E-state index in [0.717, 1.165) is 18.1 Å². The average molecular weight is 259 g/mol. The Morgan fingerprint density at radius 3 is 2.74 bits per heavy atom. The number of benzene rings is 1. The maximum Gasteiger partial charge on any atom is 0.136 e. The number of ether oxygens (including phenoxy) is 2. The minimum absolute atomic E-state index is 0.568. The number of rotatable bonds is 5. The van der Waals surface area contributed by atoms with Gasteiger partial charge in [-0.05, 0) is 36.5 Å².